The number of nitrogens with zero attached hydrogens (tertiary/aromatic N) is 1. The largest absolute Gasteiger partial charge is 0.481 e. The summed E-state index contributed by atoms with van der Waals surface area (Å²) >= 11 is 0. The average Bonchev–Trinajstić information content (AvgIpc) is 2.75. The van der Waals surface area contributed by atoms with Crippen LogP contribution in [0.15, 0.2) is 0 Å². The van der Waals surface area contributed by atoms with Crippen LogP contribution in [-0.2, 0) is 14.3 Å². The van der Waals surface area contributed by atoms with Crippen molar-refractivity contribution in [1.82, 2.24) is 4.90 Å². The molecule has 5 heteroatoms. The number of ether oxygens (including phenoxy) is 1. The Labute approximate surface area is 126 Å². The van der Waals surface area contributed by atoms with Crippen molar-refractivity contribution in [3.05, 3.63) is 0 Å². The third-order valence-electron chi connectivity index (χ3n) is 4.63. The molecule has 0 spiro atoms. The van der Waals surface area contributed by atoms with Gasteiger partial charge in [-0.3, -0.25) is 9.59 Å². The lowest BCUT2D eigenvalue weighted by Gasteiger charge is -2.33. The number of hydrogen-bond donors (Lipinski definition) is 1. The van der Waals surface area contributed by atoms with E-state index in [0.717, 1.165) is 19.3 Å². The third-order valence-corrected chi connectivity index (χ3v) is 4.63. The highest BCUT2D eigenvalue weighted by Gasteiger charge is 2.31. The number of aliphatic carboxylic acids is 1. The van der Waals surface area contributed by atoms with Crippen molar-refractivity contribution in [3.63, 3.8) is 0 Å². The van der Waals surface area contributed by atoms with Crippen molar-refractivity contribution in [1.29, 1.82) is 0 Å². The predicted octanol–water partition coefficient (Wildman–Crippen LogP) is 2.44. The Morgan fingerprint density at radius 2 is 1.76 bits per heavy atom. The van der Waals surface area contributed by atoms with E-state index in [2.05, 4.69) is 0 Å². The van der Waals surface area contributed by atoms with Gasteiger partial charge >= 0.3 is 5.97 Å². The fraction of sp³-hybridized carbons (Fsp3) is 0.875. The summed E-state index contributed by atoms with van der Waals surface area (Å²) in [6, 6.07) is 0. The van der Waals surface area contributed by atoms with Crippen molar-refractivity contribution in [2.75, 3.05) is 13.1 Å². The zero-order chi connectivity index (χ0) is 15.2. The predicted molar refractivity (Wildman–Crippen MR) is 79.0 cm³/mol. The first-order chi connectivity index (χ1) is 10.1. The van der Waals surface area contributed by atoms with Crippen LogP contribution in [0.4, 0.5) is 0 Å². The summed E-state index contributed by atoms with van der Waals surface area (Å²) in [4.78, 5) is 25.2. The third kappa shape index (κ3) is 4.70. The lowest BCUT2D eigenvalue weighted by molar-refractivity contribution is -0.152. The minimum Gasteiger partial charge on any atom is -0.481 e. The Hall–Kier alpha value is -1.10. The molecule has 2 fully saturated rings. The monoisotopic (exact) mass is 297 g/mol. The van der Waals surface area contributed by atoms with Gasteiger partial charge < -0.3 is 14.7 Å². The fourth-order valence-corrected chi connectivity index (χ4v) is 3.36. The number of piperidine rings is 1. The van der Waals surface area contributed by atoms with Crippen LogP contribution in [0.2, 0.25) is 0 Å². The topological polar surface area (TPSA) is 66.8 Å². The van der Waals surface area contributed by atoms with Gasteiger partial charge in [0.2, 0.25) is 0 Å². The molecule has 0 aromatic carbocycles. The lowest BCUT2D eigenvalue weighted by atomic mass is 9.98. The van der Waals surface area contributed by atoms with E-state index in [4.69, 9.17) is 9.84 Å². The standard InChI is InChI=1S/C16H27NO4/c1-12(21-14-8-4-2-3-5-9-14)15(18)17-10-6-7-13(11-17)16(19)20/h12-14H,2-11H2,1H3,(H,19,20)/t12?,13-/m0/s1. The average molecular weight is 297 g/mol. The molecular weight excluding hydrogens is 270 g/mol. The minimum atomic E-state index is -0.801. The molecule has 5 nitrogen and oxygen atoms in total. The van der Waals surface area contributed by atoms with Gasteiger partial charge in [-0.2, -0.15) is 0 Å². The van der Waals surface area contributed by atoms with E-state index in [1.54, 1.807) is 11.8 Å². The van der Waals surface area contributed by atoms with Crippen LogP contribution in [0.5, 0.6) is 0 Å². The molecule has 1 saturated heterocycles. The van der Waals surface area contributed by atoms with E-state index in [1.807, 2.05) is 0 Å². The quantitative estimate of drug-likeness (QED) is 0.809. The molecule has 1 saturated carbocycles. The number of rotatable bonds is 4. The molecule has 2 rings (SSSR count). The molecule has 21 heavy (non-hydrogen) atoms. The van der Waals surface area contributed by atoms with Crippen LogP contribution in [0.3, 0.4) is 0 Å². The van der Waals surface area contributed by atoms with Crippen LogP contribution in [0.25, 0.3) is 0 Å². The van der Waals surface area contributed by atoms with Crippen LogP contribution >= 0.6 is 0 Å². The second-order valence-corrected chi connectivity index (χ2v) is 6.35. The zero-order valence-corrected chi connectivity index (χ0v) is 12.9. The molecule has 1 amide bonds. The maximum atomic E-state index is 12.4. The second-order valence-electron chi connectivity index (χ2n) is 6.35. The van der Waals surface area contributed by atoms with Crippen molar-refractivity contribution in [2.45, 2.75) is 70.5 Å². The smallest absolute Gasteiger partial charge is 0.308 e. The first-order valence-electron chi connectivity index (χ1n) is 8.25. The second kappa shape index (κ2) is 7.78. The zero-order valence-electron chi connectivity index (χ0n) is 12.9. The highest BCUT2D eigenvalue weighted by molar-refractivity contribution is 5.81. The van der Waals surface area contributed by atoms with Gasteiger partial charge in [0.25, 0.3) is 5.91 Å². The Morgan fingerprint density at radius 3 is 2.38 bits per heavy atom. The Morgan fingerprint density at radius 1 is 1.10 bits per heavy atom. The summed E-state index contributed by atoms with van der Waals surface area (Å²) in [5.41, 5.74) is 0. The van der Waals surface area contributed by atoms with Crippen molar-refractivity contribution < 1.29 is 19.4 Å². The summed E-state index contributed by atoms with van der Waals surface area (Å²) in [6.07, 6.45) is 8.10. The van der Waals surface area contributed by atoms with Crippen LogP contribution in [0.1, 0.15) is 58.3 Å². The first-order valence-corrected chi connectivity index (χ1v) is 8.25. The van der Waals surface area contributed by atoms with Gasteiger partial charge in [0.1, 0.15) is 6.10 Å². The van der Waals surface area contributed by atoms with E-state index in [9.17, 15) is 9.59 Å². The normalized spacial score (nSPS) is 26.1. The molecule has 2 aliphatic rings. The summed E-state index contributed by atoms with van der Waals surface area (Å²) in [7, 11) is 0. The van der Waals surface area contributed by atoms with E-state index in [-0.39, 0.29) is 12.0 Å². The van der Waals surface area contributed by atoms with Crippen LogP contribution in [0, 0.1) is 5.92 Å². The molecule has 1 aliphatic heterocycles. The Bertz CT molecular complexity index is 363. The highest BCUT2D eigenvalue weighted by atomic mass is 16.5. The molecule has 0 radical (unpaired) electrons. The molecule has 0 bridgehead atoms. The van der Waals surface area contributed by atoms with E-state index in [1.165, 1.54) is 25.7 Å². The number of carbonyl (C=O) groups is 2. The summed E-state index contributed by atoms with van der Waals surface area (Å²) < 4.78 is 5.94. The fourth-order valence-electron chi connectivity index (χ4n) is 3.36. The van der Waals surface area contributed by atoms with Gasteiger partial charge in [0, 0.05) is 13.1 Å². The van der Waals surface area contributed by atoms with Gasteiger partial charge in [-0.05, 0) is 32.6 Å². The number of carbonyl (C=O) groups excluding carboxylic acids is 1. The molecule has 2 atom stereocenters. The van der Waals surface area contributed by atoms with Gasteiger partial charge in [0.05, 0.1) is 12.0 Å². The summed E-state index contributed by atoms with van der Waals surface area (Å²) in [5, 5.41) is 9.10. The molecule has 1 unspecified atom stereocenters. The maximum absolute atomic E-state index is 12.4. The Balaban J connectivity index is 1.84. The first kappa shape index (κ1) is 16.3. The van der Waals surface area contributed by atoms with Gasteiger partial charge in [-0.1, -0.05) is 25.7 Å². The van der Waals surface area contributed by atoms with Crippen molar-refractivity contribution in [3.8, 4) is 0 Å². The van der Waals surface area contributed by atoms with Gasteiger partial charge in [-0.15, -0.1) is 0 Å². The summed E-state index contributed by atoms with van der Waals surface area (Å²) in [5.74, 6) is -1.28. The molecule has 1 N–H and O–H groups in total. The van der Waals surface area contributed by atoms with Crippen molar-refractivity contribution >= 4 is 11.9 Å². The molecule has 120 valence electrons. The summed E-state index contributed by atoms with van der Waals surface area (Å²) in [6.45, 7) is 2.78. The van der Waals surface area contributed by atoms with Gasteiger partial charge in [0.15, 0.2) is 0 Å². The maximum Gasteiger partial charge on any atom is 0.308 e. The van der Waals surface area contributed by atoms with Crippen molar-refractivity contribution in [2.24, 2.45) is 5.92 Å². The van der Waals surface area contributed by atoms with E-state index in [0.29, 0.717) is 19.5 Å². The molecule has 1 heterocycles. The van der Waals surface area contributed by atoms with Crippen LogP contribution < -0.4 is 0 Å². The molecule has 0 aromatic heterocycles. The number of hydrogen-bond acceptors (Lipinski definition) is 3. The van der Waals surface area contributed by atoms with E-state index < -0.39 is 18.0 Å². The molecule has 1 aliphatic carbocycles. The number of carboxylic acids is 1. The SMILES string of the molecule is CC(OC1CCCCCC1)C(=O)N1CCC[C@H](C(=O)O)C1. The lowest BCUT2D eigenvalue weighted by Crippen LogP contribution is -2.47. The molecule has 0 aromatic rings. The Kier molecular flexibility index (Phi) is 6.03. The number of amides is 1. The van der Waals surface area contributed by atoms with E-state index >= 15 is 0 Å². The molecular formula is C16H27NO4. The minimum absolute atomic E-state index is 0.0507. The van der Waals surface area contributed by atoms with Crippen LogP contribution in [-0.4, -0.2) is 47.2 Å². The number of carboxylic acid groups (broad SMARTS) is 1. The highest BCUT2D eigenvalue weighted by Crippen LogP contribution is 2.22. The van der Waals surface area contributed by atoms with Gasteiger partial charge in [-0.25, -0.2) is 0 Å². The number of likely N-dealkylation sites (tertiary alicyclic amines) is 1.